The molecule has 0 aliphatic heterocycles. The summed E-state index contributed by atoms with van der Waals surface area (Å²) in [5, 5.41) is 19.0. The summed E-state index contributed by atoms with van der Waals surface area (Å²) in [5.41, 5.74) is 5.97. The number of rotatable bonds is 3. The van der Waals surface area contributed by atoms with Crippen LogP contribution in [0.5, 0.6) is 0 Å². The maximum atomic E-state index is 8.48. The zero-order chi connectivity index (χ0) is 10.6. The Morgan fingerprint density at radius 2 is 2.43 bits per heavy atom. The highest BCUT2D eigenvalue weighted by molar-refractivity contribution is 5.97. The maximum absolute atomic E-state index is 8.48. The van der Waals surface area contributed by atoms with E-state index < -0.39 is 0 Å². The number of anilines is 1. The molecule has 0 unspecified atom stereocenters. The Balaban J connectivity index is 3.01. The highest BCUT2D eigenvalue weighted by Crippen LogP contribution is 2.08. The molecule has 0 aliphatic rings. The molecule has 1 heterocycles. The third-order valence-electron chi connectivity index (χ3n) is 1.91. The van der Waals surface area contributed by atoms with E-state index in [1.165, 1.54) is 6.20 Å². The van der Waals surface area contributed by atoms with Gasteiger partial charge in [0.2, 0.25) is 0 Å². The van der Waals surface area contributed by atoms with Gasteiger partial charge in [0.1, 0.15) is 0 Å². The highest BCUT2D eigenvalue weighted by atomic mass is 16.4. The molecule has 0 saturated heterocycles. The first-order chi connectivity index (χ1) is 6.69. The van der Waals surface area contributed by atoms with Gasteiger partial charge in [0.05, 0.1) is 6.20 Å². The van der Waals surface area contributed by atoms with Gasteiger partial charge in [-0.3, -0.25) is 0 Å². The first-order valence-corrected chi connectivity index (χ1v) is 4.20. The highest BCUT2D eigenvalue weighted by Gasteiger charge is 2.05. The second-order valence-corrected chi connectivity index (χ2v) is 2.80. The van der Waals surface area contributed by atoms with Gasteiger partial charge < -0.3 is 15.8 Å². The predicted octanol–water partition coefficient (Wildman–Crippen LogP) is 0.0272. The third kappa shape index (κ3) is 2.09. The Bertz CT molecular complexity index is 338. The molecule has 0 fully saturated rings. The van der Waals surface area contributed by atoms with E-state index in [2.05, 4.69) is 15.4 Å². The summed E-state index contributed by atoms with van der Waals surface area (Å²) in [6.07, 6.45) is 1.45. The van der Waals surface area contributed by atoms with Crippen LogP contribution in [0.3, 0.4) is 0 Å². The molecule has 1 aromatic rings. The molecule has 0 aliphatic carbocycles. The Kier molecular flexibility index (Phi) is 3.22. The first-order valence-electron chi connectivity index (χ1n) is 4.20. The van der Waals surface area contributed by atoms with E-state index in [4.69, 9.17) is 10.9 Å². The fraction of sp³-hybridized carbons (Fsp3) is 0.375. The van der Waals surface area contributed by atoms with Crippen molar-refractivity contribution < 1.29 is 5.21 Å². The van der Waals surface area contributed by atoms with Crippen molar-refractivity contribution in [3.63, 3.8) is 0 Å². The summed E-state index contributed by atoms with van der Waals surface area (Å²) in [7, 11) is 1.89. The molecule has 1 rings (SSSR count). The van der Waals surface area contributed by atoms with E-state index in [9.17, 15) is 0 Å². The number of hydrogen-bond acceptors (Lipinski definition) is 5. The monoisotopic (exact) mass is 195 g/mol. The summed E-state index contributed by atoms with van der Waals surface area (Å²) >= 11 is 0. The van der Waals surface area contributed by atoms with E-state index >= 15 is 0 Å². The minimum Gasteiger partial charge on any atom is -0.409 e. The van der Waals surface area contributed by atoms with E-state index in [1.54, 1.807) is 6.07 Å². The Hall–Kier alpha value is -1.85. The SMILES string of the molecule is CCN(C)c1cc(/C(N)=N/O)cnn1. The summed E-state index contributed by atoms with van der Waals surface area (Å²) in [4.78, 5) is 1.90. The number of nitrogens with two attached hydrogens (primary N) is 1. The quantitative estimate of drug-likeness (QED) is 0.307. The number of aromatic nitrogens is 2. The minimum absolute atomic E-state index is 0.0330. The van der Waals surface area contributed by atoms with Gasteiger partial charge in [-0.25, -0.2) is 0 Å². The smallest absolute Gasteiger partial charge is 0.171 e. The molecule has 0 atom stereocenters. The molecule has 0 bridgehead atoms. The Labute approximate surface area is 82.0 Å². The van der Waals surface area contributed by atoms with E-state index in [1.807, 2.05) is 18.9 Å². The molecule has 3 N–H and O–H groups in total. The average molecular weight is 195 g/mol. The van der Waals surface area contributed by atoms with Crippen LogP contribution in [-0.2, 0) is 0 Å². The van der Waals surface area contributed by atoms with Crippen LogP contribution in [0.2, 0.25) is 0 Å². The van der Waals surface area contributed by atoms with Gasteiger partial charge in [-0.05, 0) is 13.0 Å². The molecule has 0 aromatic carbocycles. The molecule has 14 heavy (non-hydrogen) atoms. The summed E-state index contributed by atoms with van der Waals surface area (Å²) in [6.45, 7) is 2.81. The van der Waals surface area contributed by atoms with Gasteiger partial charge in [0.25, 0.3) is 0 Å². The maximum Gasteiger partial charge on any atom is 0.171 e. The van der Waals surface area contributed by atoms with Crippen molar-refractivity contribution in [1.29, 1.82) is 0 Å². The molecule has 76 valence electrons. The predicted molar refractivity (Wildman–Crippen MR) is 53.5 cm³/mol. The van der Waals surface area contributed by atoms with Crippen molar-refractivity contribution in [1.82, 2.24) is 10.2 Å². The topological polar surface area (TPSA) is 87.6 Å². The van der Waals surface area contributed by atoms with Crippen LogP contribution in [-0.4, -0.2) is 34.8 Å². The minimum atomic E-state index is 0.0330. The first kappa shape index (κ1) is 10.2. The zero-order valence-electron chi connectivity index (χ0n) is 8.18. The van der Waals surface area contributed by atoms with Gasteiger partial charge in [0.15, 0.2) is 11.7 Å². The van der Waals surface area contributed by atoms with Crippen molar-refractivity contribution in [3.8, 4) is 0 Å². The van der Waals surface area contributed by atoms with E-state index in [-0.39, 0.29) is 5.84 Å². The Morgan fingerprint density at radius 3 is 3.00 bits per heavy atom. The van der Waals surface area contributed by atoms with Crippen LogP contribution in [0.25, 0.3) is 0 Å². The van der Waals surface area contributed by atoms with Crippen molar-refractivity contribution >= 4 is 11.7 Å². The van der Waals surface area contributed by atoms with Gasteiger partial charge in [-0.15, -0.1) is 5.10 Å². The van der Waals surface area contributed by atoms with Gasteiger partial charge in [-0.2, -0.15) is 5.10 Å². The van der Waals surface area contributed by atoms with Gasteiger partial charge in [-0.1, -0.05) is 5.16 Å². The van der Waals surface area contributed by atoms with Gasteiger partial charge >= 0.3 is 0 Å². The second kappa shape index (κ2) is 4.40. The molecule has 0 saturated carbocycles. The van der Waals surface area contributed by atoms with Crippen LogP contribution in [0.4, 0.5) is 5.82 Å². The fourth-order valence-corrected chi connectivity index (χ4v) is 0.902. The summed E-state index contributed by atoms with van der Waals surface area (Å²) in [5.74, 6) is 0.724. The Morgan fingerprint density at radius 1 is 1.71 bits per heavy atom. The van der Waals surface area contributed by atoms with Crippen LogP contribution in [0, 0.1) is 0 Å². The number of oxime groups is 1. The molecule has 0 radical (unpaired) electrons. The lowest BCUT2D eigenvalue weighted by molar-refractivity contribution is 0.318. The number of hydrogen-bond donors (Lipinski definition) is 2. The van der Waals surface area contributed by atoms with Crippen LogP contribution >= 0.6 is 0 Å². The standard InChI is InChI=1S/C8H13N5O/c1-3-13(2)7-4-6(5-10-11-7)8(9)12-14/h4-5,14H,3H2,1-2H3,(H2,9,12). The lowest BCUT2D eigenvalue weighted by atomic mass is 10.3. The molecule has 0 spiro atoms. The largest absolute Gasteiger partial charge is 0.409 e. The lowest BCUT2D eigenvalue weighted by Gasteiger charge is -2.14. The van der Waals surface area contributed by atoms with E-state index in [0.717, 1.165) is 6.54 Å². The van der Waals surface area contributed by atoms with Crippen molar-refractivity contribution in [2.75, 3.05) is 18.5 Å². The van der Waals surface area contributed by atoms with Gasteiger partial charge in [0, 0.05) is 19.2 Å². The molecule has 6 nitrogen and oxygen atoms in total. The molecule has 1 aromatic heterocycles. The summed E-state index contributed by atoms with van der Waals surface area (Å²) in [6, 6.07) is 1.71. The number of nitrogens with zero attached hydrogens (tertiary/aromatic N) is 4. The molecule has 6 heteroatoms. The van der Waals surface area contributed by atoms with E-state index in [0.29, 0.717) is 11.4 Å². The van der Waals surface area contributed by atoms with Crippen LogP contribution < -0.4 is 10.6 Å². The number of amidine groups is 1. The van der Waals surface area contributed by atoms with Crippen molar-refractivity contribution in [3.05, 3.63) is 17.8 Å². The van der Waals surface area contributed by atoms with Crippen molar-refractivity contribution in [2.24, 2.45) is 10.9 Å². The normalized spacial score (nSPS) is 11.4. The lowest BCUT2D eigenvalue weighted by Crippen LogP contribution is -2.20. The van der Waals surface area contributed by atoms with Crippen LogP contribution in [0.1, 0.15) is 12.5 Å². The van der Waals surface area contributed by atoms with Crippen molar-refractivity contribution in [2.45, 2.75) is 6.92 Å². The zero-order valence-corrected chi connectivity index (χ0v) is 8.18. The molecular formula is C8H13N5O. The van der Waals surface area contributed by atoms with Crippen LogP contribution in [0.15, 0.2) is 17.4 Å². The molecule has 0 amide bonds. The summed E-state index contributed by atoms with van der Waals surface area (Å²) < 4.78 is 0. The average Bonchev–Trinajstić information content (AvgIpc) is 2.27. The fourth-order valence-electron chi connectivity index (χ4n) is 0.902. The molecular weight excluding hydrogens is 182 g/mol. The second-order valence-electron chi connectivity index (χ2n) is 2.80. The third-order valence-corrected chi connectivity index (χ3v) is 1.91.